The number of hydrogen-bond donors (Lipinski definition) is 10. The highest BCUT2D eigenvalue weighted by Gasteiger charge is 2.26. The molecule has 61 heavy (non-hydrogen) atoms. The van der Waals surface area contributed by atoms with Crippen molar-refractivity contribution < 1.29 is 88.4 Å². The summed E-state index contributed by atoms with van der Waals surface area (Å²) in [5.74, 6) is -9.83. The van der Waals surface area contributed by atoms with Crippen LogP contribution in [0.15, 0.2) is 0 Å². The molecule has 1 heterocycles. The fourth-order valence-electron chi connectivity index (χ4n) is 5.99. The third-order valence-electron chi connectivity index (χ3n) is 9.11. The number of carboxylic acid groups (broad SMARTS) is 7. The van der Waals surface area contributed by atoms with E-state index in [0.29, 0.717) is 0 Å². The van der Waals surface area contributed by atoms with Crippen molar-refractivity contribution in [3.05, 3.63) is 0 Å². The summed E-state index contributed by atoms with van der Waals surface area (Å²) in [5, 5.41) is 71.8. The molecule has 0 aromatic carbocycles. The van der Waals surface area contributed by atoms with Crippen LogP contribution in [0.25, 0.3) is 0 Å². The van der Waals surface area contributed by atoms with Gasteiger partial charge in [-0.3, -0.25) is 53.2 Å². The number of hydrogen-bond acceptors (Lipinski definition) is 15. The number of amides is 4. The van der Waals surface area contributed by atoms with Gasteiger partial charge in [-0.2, -0.15) is 0 Å². The zero-order valence-electron chi connectivity index (χ0n) is 33.8. The molecule has 1 fully saturated rings. The number of unbranched alkanes of at least 4 members (excludes halogenated alkanes) is 1. The Kier molecular flexibility index (Phi) is 25.8. The fraction of sp³-hybridized carbons (Fsp3) is 0.714. The van der Waals surface area contributed by atoms with Gasteiger partial charge in [0.05, 0.1) is 32.8 Å². The molecular weight excluding hydrogens is 820 g/mol. The molecular formula is C35H58N8O18. The maximum Gasteiger partial charge on any atom is 0.326 e. The van der Waals surface area contributed by atoms with Crippen LogP contribution in [0.4, 0.5) is 4.79 Å². The van der Waals surface area contributed by atoms with Crippen molar-refractivity contribution in [1.82, 2.24) is 40.4 Å². The molecule has 1 rings (SSSR count). The van der Waals surface area contributed by atoms with Crippen LogP contribution in [0.2, 0.25) is 0 Å². The van der Waals surface area contributed by atoms with E-state index >= 15 is 0 Å². The van der Waals surface area contributed by atoms with Crippen molar-refractivity contribution in [2.24, 2.45) is 0 Å². The highest BCUT2D eigenvalue weighted by atomic mass is 16.5. The number of carbonyl (C=O) groups excluding carboxylic acids is 3. The second-order valence-corrected chi connectivity index (χ2v) is 14.1. The standard InChI is InChI=1S/C35H58N8O18/c44-26(18-39-9-11-40(19-29(48)49)13-15-42(21-31(52)53)16-14-41(12-10-39)20-30(50)51)36-7-17-61-23-27(45)43(22-32(54)55)8-2-1-4-24(33(56)57)37-35(60)38-25(34(58)59)5-3-6-28(46)47/h24-25H,1-23H2,(H,36,44)(H,46,47)(H,48,49)(H,50,51)(H,52,53)(H,54,55)(H,56,57)(H,58,59)(H2,37,38,60)/t24-,25-/m0/s1. The third kappa shape index (κ3) is 26.2. The van der Waals surface area contributed by atoms with E-state index in [1.54, 1.807) is 19.6 Å². The Morgan fingerprint density at radius 1 is 0.541 bits per heavy atom. The fourth-order valence-corrected chi connectivity index (χ4v) is 5.99. The SMILES string of the molecule is O=C(O)CCC[C@H](NC(=O)N[C@@H](CCCCN(CC(=O)O)C(=O)COCCNC(=O)CN1CCN(CC(=O)O)CCN(CC(=O)O)CCN(CC(=O)O)CC1)C(=O)O)C(=O)O. The van der Waals surface area contributed by atoms with Crippen LogP contribution < -0.4 is 16.0 Å². The van der Waals surface area contributed by atoms with E-state index in [0.717, 1.165) is 4.90 Å². The Morgan fingerprint density at radius 3 is 1.36 bits per heavy atom. The summed E-state index contributed by atoms with van der Waals surface area (Å²) >= 11 is 0. The molecule has 346 valence electrons. The van der Waals surface area contributed by atoms with E-state index in [4.69, 9.17) is 9.84 Å². The van der Waals surface area contributed by atoms with E-state index in [2.05, 4.69) is 16.0 Å². The monoisotopic (exact) mass is 878 g/mol. The quantitative estimate of drug-likeness (QED) is 0.0336. The molecule has 4 amide bonds. The van der Waals surface area contributed by atoms with Crippen LogP contribution in [-0.4, -0.2) is 243 Å². The normalized spacial score (nSPS) is 15.8. The lowest BCUT2D eigenvalue weighted by atomic mass is 10.1. The molecule has 10 N–H and O–H groups in total. The molecule has 0 unspecified atom stereocenters. The van der Waals surface area contributed by atoms with Crippen LogP contribution in [-0.2, 0) is 47.9 Å². The van der Waals surface area contributed by atoms with Crippen molar-refractivity contribution in [3.8, 4) is 0 Å². The van der Waals surface area contributed by atoms with Crippen molar-refractivity contribution >= 4 is 59.6 Å². The van der Waals surface area contributed by atoms with E-state index in [-0.39, 0.29) is 137 Å². The summed E-state index contributed by atoms with van der Waals surface area (Å²) in [6, 6.07) is -4.05. The van der Waals surface area contributed by atoms with Gasteiger partial charge < -0.3 is 61.3 Å². The predicted octanol–water partition coefficient (Wildman–Crippen LogP) is -3.86. The lowest BCUT2D eigenvalue weighted by molar-refractivity contribution is -0.146. The molecule has 1 saturated heterocycles. The molecule has 0 radical (unpaired) electrons. The largest absolute Gasteiger partial charge is 0.481 e. The first-order valence-electron chi connectivity index (χ1n) is 19.4. The van der Waals surface area contributed by atoms with Gasteiger partial charge in [0.1, 0.15) is 25.2 Å². The minimum absolute atomic E-state index is 0.0543. The smallest absolute Gasteiger partial charge is 0.326 e. The number of urea groups is 1. The number of carboxylic acids is 7. The molecule has 1 aliphatic heterocycles. The van der Waals surface area contributed by atoms with Gasteiger partial charge in [0.25, 0.3) is 0 Å². The van der Waals surface area contributed by atoms with E-state index in [1.807, 2.05) is 0 Å². The van der Waals surface area contributed by atoms with Crippen molar-refractivity contribution in [2.45, 2.75) is 50.6 Å². The molecule has 0 aromatic rings. The Morgan fingerprint density at radius 2 is 0.967 bits per heavy atom. The summed E-state index contributed by atoms with van der Waals surface area (Å²) in [6.07, 6.45) is -0.576. The number of aliphatic carboxylic acids is 7. The van der Waals surface area contributed by atoms with Gasteiger partial charge in [-0.1, -0.05) is 0 Å². The minimum atomic E-state index is -1.47. The molecule has 2 atom stereocenters. The molecule has 26 nitrogen and oxygen atoms in total. The molecule has 26 heteroatoms. The summed E-state index contributed by atoms with van der Waals surface area (Å²) in [6.45, 7) is -1.01. The second kappa shape index (κ2) is 29.5. The van der Waals surface area contributed by atoms with Gasteiger partial charge in [-0.05, 0) is 32.1 Å². The Balaban J connectivity index is 2.67. The predicted molar refractivity (Wildman–Crippen MR) is 207 cm³/mol. The number of carbonyl (C=O) groups is 10. The van der Waals surface area contributed by atoms with Crippen LogP contribution in [0.5, 0.6) is 0 Å². The van der Waals surface area contributed by atoms with Crippen LogP contribution in [0.3, 0.4) is 0 Å². The lowest BCUT2D eigenvalue weighted by Crippen LogP contribution is -2.51. The Hall–Kier alpha value is -5.70. The first-order valence-corrected chi connectivity index (χ1v) is 19.4. The van der Waals surface area contributed by atoms with Crippen molar-refractivity contribution in [2.75, 3.05) is 111 Å². The van der Waals surface area contributed by atoms with Crippen LogP contribution in [0, 0.1) is 0 Å². The van der Waals surface area contributed by atoms with Gasteiger partial charge >= 0.3 is 47.8 Å². The van der Waals surface area contributed by atoms with E-state index < -0.39 is 84.9 Å². The van der Waals surface area contributed by atoms with Crippen LogP contribution >= 0.6 is 0 Å². The highest BCUT2D eigenvalue weighted by molar-refractivity contribution is 5.86. The highest BCUT2D eigenvalue weighted by Crippen LogP contribution is 2.07. The number of nitrogens with zero attached hydrogens (tertiary/aromatic N) is 5. The maximum absolute atomic E-state index is 12.9. The number of rotatable bonds is 28. The summed E-state index contributed by atoms with van der Waals surface area (Å²) in [5.41, 5.74) is 0. The molecule has 0 aromatic heterocycles. The van der Waals surface area contributed by atoms with Gasteiger partial charge in [0.15, 0.2) is 0 Å². The Labute approximate surface area is 350 Å². The average molecular weight is 879 g/mol. The molecule has 0 bridgehead atoms. The van der Waals surface area contributed by atoms with Gasteiger partial charge in [0, 0.05) is 71.9 Å². The summed E-state index contributed by atoms with van der Waals surface area (Å²) < 4.78 is 5.35. The third-order valence-corrected chi connectivity index (χ3v) is 9.11. The molecule has 0 spiro atoms. The molecule has 0 aliphatic carbocycles. The second-order valence-electron chi connectivity index (χ2n) is 14.1. The van der Waals surface area contributed by atoms with Crippen LogP contribution in [0.1, 0.15) is 38.5 Å². The van der Waals surface area contributed by atoms with Gasteiger partial charge in [0.2, 0.25) is 11.8 Å². The average Bonchev–Trinajstić information content (AvgIpc) is 3.14. The molecule has 1 aliphatic rings. The van der Waals surface area contributed by atoms with Gasteiger partial charge in [-0.25, -0.2) is 14.4 Å². The lowest BCUT2D eigenvalue weighted by Gasteiger charge is -2.32. The maximum atomic E-state index is 12.9. The van der Waals surface area contributed by atoms with Gasteiger partial charge in [-0.15, -0.1) is 0 Å². The van der Waals surface area contributed by atoms with Crippen molar-refractivity contribution in [3.63, 3.8) is 0 Å². The molecule has 0 saturated carbocycles. The van der Waals surface area contributed by atoms with E-state index in [1.165, 1.54) is 0 Å². The van der Waals surface area contributed by atoms with E-state index in [9.17, 15) is 78.6 Å². The first-order chi connectivity index (χ1) is 28.7. The zero-order valence-corrected chi connectivity index (χ0v) is 33.8. The summed E-state index contributed by atoms with van der Waals surface area (Å²) in [7, 11) is 0. The Bertz CT molecular complexity index is 1470. The topological polar surface area (TPSA) is 374 Å². The number of ether oxygens (including phenoxy) is 1. The van der Waals surface area contributed by atoms with Crippen molar-refractivity contribution in [1.29, 1.82) is 0 Å². The first kappa shape index (κ1) is 53.3. The summed E-state index contributed by atoms with van der Waals surface area (Å²) in [4.78, 5) is 125. The zero-order chi connectivity index (χ0) is 45.9. The minimum Gasteiger partial charge on any atom is -0.481 e. The number of nitrogens with one attached hydrogen (secondary N) is 3.